The summed E-state index contributed by atoms with van der Waals surface area (Å²) in [6.07, 6.45) is 3.03. The normalized spacial score (nSPS) is 13.6. The fraction of sp³-hybridized carbons (Fsp3) is 0.280. The minimum atomic E-state index is -4.36. The molecule has 2 N–H and O–H groups in total. The summed E-state index contributed by atoms with van der Waals surface area (Å²) in [7, 11) is -2.90. The molecule has 1 atom stereocenters. The Bertz CT molecular complexity index is 1480. The van der Waals surface area contributed by atoms with Crippen LogP contribution in [0.3, 0.4) is 0 Å². The number of aryl methyl sites for hydroxylation is 2. The number of rotatable bonds is 7. The largest absolute Gasteiger partial charge is 0.330 e. The molecule has 1 aliphatic heterocycles. The van der Waals surface area contributed by atoms with Crippen molar-refractivity contribution in [3.8, 4) is 0 Å². The smallest absolute Gasteiger partial charge is 0.325 e. The van der Waals surface area contributed by atoms with Crippen molar-refractivity contribution in [1.82, 2.24) is 20.0 Å². The molecule has 1 aliphatic rings. The number of carbonyl (C=O) groups is 2. The number of nitrogens with zero attached hydrogens (tertiary/aromatic N) is 4. The number of amides is 3. The summed E-state index contributed by atoms with van der Waals surface area (Å²) in [5.41, 5.74) is 2.81. The van der Waals surface area contributed by atoms with Gasteiger partial charge in [-0.2, -0.15) is 8.42 Å². The minimum Gasteiger partial charge on any atom is -0.325 e. The first-order chi connectivity index (χ1) is 17.9. The maximum absolute atomic E-state index is 13.8. The first-order valence-corrected chi connectivity index (χ1v) is 13.1. The van der Waals surface area contributed by atoms with Crippen LogP contribution in [-0.2, 0) is 27.8 Å². The van der Waals surface area contributed by atoms with Crippen molar-refractivity contribution in [2.75, 3.05) is 22.8 Å². The van der Waals surface area contributed by atoms with Gasteiger partial charge in [0.25, 0.3) is 0 Å². The number of pyridine rings is 2. The highest BCUT2D eigenvalue weighted by atomic mass is 32.2. The molecule has 3 heterocycles. The van der Waals surface area contributed by atoms with E-state index in [4.69, 9.17) is 0 Å². The standard InChI is InChI=1S/C25H26F2N6O4S/c1-15-9-21(14-29-16(15)2)32(3)24(34)22(12-17-10-19(26)13-20(27)11-17)30-25(35)31-38(36,37)33-8-6-18-5-4-7-28-23(18)33/h4-5,7,9-11,13-14,22H,6,8,12H2,1-3H3,(H2,30,31,35). The highest BCUT2D eigenvalue weighted by Gasteiger charge is 2.33. The number of hydrogen-bond acceptors (Lipinski definition) is 6. The third-order valence-electron chi connectivity index (χ3n) is 6.21. The van der Waals surface area contributed by atoms with Gasteiger partial charge in [-0.3, -0.25) is 9.78 Å². The van der Waals surface area contributed by atoms with Crippen LogP contribution >= 0.6 is 0 Å². The number of urea groups is 1. The summed E-state index contributed by atoms with van der Waals surface area (Å²) >= 11 is 0. The lowest BCUT2D eigenvalue weighted by molar-refractivity contribution is -0.120. The molecule has 2 aromatic heterocycles. The molecule has 200 valence electrons. The van der Waals surface area contributed by atoms with Crippen LogP contribution in [0.4, 0.5) is 25.1 Å². The Morgan fingerprint density at radius 1 is 1.13 bits per heavy atom. The van der Waals surface area contributed by atoms with Crippen LogP contribution in [0.5, 0.6) is 0 Å². The summed E-state index contributed by atoms with van der Waals surface area (Å²) in [6.45, 7) is 3.71. The Kier molecular flexibility index (Phi) is 7.58. The second-order valence-electron chi connectivity index (χ2n) is 8.92. The van der Waals surface area contributed by atoms with E-state index >= 15 is 0 Å². The zero-order valence-corrected chi connectivity index (χ0v) is 21.7. The van der Waals surface area contributed by atoms with E-state index in [9.17, 15) is 26.8 Å². The highest BCUT2D eigenvalue weighted by molar-refractivity contribution is 7.91. The maximum atomic E-state index is 13.8. The van der Waals surface area contributed by atoms with Gasteiger partial charge in [-0.15, -0.1) is 0 Å². The predicted molar refractivity (Wildman–Crippen MR) is 137 cm³/mol. The number of anilines is 2. The lowest BCUT2D eigenvalue weighted by atomic mass is 10.0. The molecule has 38 heavy (non-hydrogen) atoms. The molecule has 10 nitrogen and oxygen atoms in total. The van der Waals surface area contributed by atoms with Crippen LogP contribution in [0.15, 0.2) is 48.8 Å². The molecule has 0 aliphatic carbocycles. The van der Waals surface area contributed by atoms with E-state index in [1.165, 1.54) is 24.3 Å². The van der Waals surface area contributed by atoms with E-state index in [1.807, 2.05) is 18.6 Å². The summed E-state index contributed by atoms with van der Waals surface area (Å²) in [5.74, 6) is -2.16. The Morgan fingerprint density at radius 3 is 2.53 bits per heavy atom. The van der Waals surface area contributed by atoms with E-state index in [2.05, 4.69) is 15.3 Å². The average Bonchev–Trinajstić information content (AvgIpc) is 3.29. The number of halogens is 2. The SMILES string of the molecule is Cc1cc(N(C)C(=O)C(Cc2cc(F)cc(F)c2)NC(=O)NS(=O)(=O)N2CCc3cccnc32)cnc1C. The molecule has 3 aromatic rings. The van der Waals surface area contributed by atoms with E-state index in [-0.39, 0.29) is 24.3 Å². The maximum Gasteiger partial charge on any atom is 0.330 e. The van der Waals surface area contributed by atoms with Gasteiger partial charge < -0.3 is 10.2 Å². The summed E-state index contributed by atoms with van der Waals surface area (Å²) in [4.78, 5) is 35.8. The van der Waals surface area contributed by atoms with Gasteiger partial charge in [-0.25, -0.2) is 27.6 Å². The first-order valence-electron chi connectivity index (χ1n) is 11.7. The lowest BCUT2D eigenvalue weighted by Gasteiger charge is -2.26. The molecule has 0 fully saturated rings. The molecule has 0 saturated heterocycles. The van der Waals surface area contributed by atoms with Crippen LogP contribution in [-0.4, -0.2) is 50.0 Å². The van der Waals surface area contributed by atoms with Gasteiger partial charge in [-0.05, 0) is 61.2 Å². The van der Waals surface area contributed by atoms with Gasteiger partial charge in [0.05, 0.1) is 11.9 Å². The van der Waals surface area contributed by atoms with Crippen molar-refractivity contribution in [1.29, 1.82) is 0 Å². The number of carbonyl (C=O) groups excluding carboxylic acids is 2. The van der Waals surface area contributed by atoms with Crippen molar-refractivity contribution in [3.05, 3.63) is 82.8 Å². The number of likely N-dealkylation sites (N-methyl/N-ethyl adjacent to an activating group) is 1. The minimum absolute atomic E-state index is 0.0857. The van der Waals surface area contributed by atoms with Gasteiger partial charge in [0.1, 0.15) is 23.5 Å². The van der Waals surface area contributed by atoms with Crippen molar-refractivity contribution in [3.63, 3.8) is 0 Å². The Balaban J connectivity index is 1.57. The monoisotopic (exact) mass is 544 g/mol. The Hall–Kier alpha value is -4.13. The number of aromatic nitrogens is 2. The molecule has 3 amide bonds. The summed E-state index contributed by atoms with van der Waals surface area (Å²) in [5, 5.41) is 2.35. The number of nitrogens with one attached hydrogen (secondary N) is 2. The lowest BCUT2D eigenvalue weighted by Crippen LogP contribution is -2.54. The van der Waals surface area contributed by atoms with Crippen molar-refractivity contribution < 1.29 is 26.8 Å². The second kappa shape index (κ2) is 10.7. The van der Waals surface area contributed by atoms with Gasteiger partial charge in [0.2, 0.25) is 5.91 Å². The van der Waals surface area contributed by atoms with Crippen LogP contribution in [0.25, 0.3) is 0 Å². The van der Waals surface area contributed by atoms with Gasteiger partial charge in [-0.1, -0.05) is 6.07 Å². The van der Waals surface area contributed by atoms with Crippen molar-refractivity contribution in [2.45, 2.75) is 32.7 Å². The van der Waals surface area contributed by atoms with E-state index < -0.39 is 39.8 Å². The van der Waals surface area contributed by atoms with E-state index in [0.29, 0.717) is 23.7 Å². The molecule has 0 saturated carbocycles. The Morgan fingerprint density at radius 2 is 1.84 bits per heavy atom. The van der Waals surface area contributed by atoms with Crippen LogP contribution in [0.2, 0.25) is 0 Å². The summed E-state index contributed by atoms with van der Waals surface area (Å²) in [6, 6.07) is 5.33. The topological polar surface area (TPSA) is 125 Å². The molecule has 4 rings (SSSR count). The fourth-order valence-electron chi connectivity index (χ4n) is 4.11. The quantitative estimate of drug-likeness (QED) is 0.471. The molecular weight excluding hydrogens is 518 g/mol. The molecule has 1 aromatic carbocycles. The molecular formula is C25H26F2N6O4S. The first kappa shape index (κ1) is 26.9. The molecule has 0 radical (unpaired) electrons. The number of fused-ring (bicyclic) bond motifs is 1. The van der Waals surface area contributed by atoms with Crippen LogP contribution in [0.1, 0.15) is 22.4 Å². The van der Waals surface area contributed by atoms with Crippen molar-refractivity contribution >= 4 is 33.7 Å². The predicted octanol–water partition coefficient (Wildman–Crippen LogP) is 2.55. The molecule has 0 spiro atoms. The summed E-state index contributed by atoms with van der Waals surface area (Å²) < 4.78 is 56.4. The van der Waals surface area contributed by atoms with Gasteiger partial charge >= 0.3 is 16.2 Å². The van der Waals surface area contributed by atoms with Crippen LogP contribution in [0, 0.1) is 25.5 Å². The fourth-order valence-corrected chi connectivity index (χ4v) is 5.24. The number of hydrogen-bond donors (Lipinski definition) is 2. The zero-order valence-electron chi connectivity index (χ0n) is 20.9. The molecule has 1 unspecified atom stereocenters. The second-order valence-corrected chi connectivity index (χ2v) is 10.5. The van der Waals surface area contributed by atoms with E-state index in [0.717, 1.165) is 27.7 Å². The van der Waals surface area contributed by atoms with Crippen molar-refractivity contribution in [2.24, 2.45) is 0 Å². The third kappa shape index (κ3) is 5.88. The third-order valence-corrected chi connectivity index (χ3v) is 7.59. The van der Waals surface area contributed by atoms with E-state index in [1.54, 1.807) is 18.2 Å². The average molecular weight is 545 g/mol. The van der Waals surface area contributed by atoms with Crippen LogP contribution < -0.4 is 19.2 Å². The van der Waals surface area contributed by atoms with Gasteiger partial charge in [0.15, 0.2) is 0 Å². The molecule has 0 bridgehead atoms. The molecule has 13 heteroatoms. The zero-order chi connectivity index (χ0) is 27.6. The Labute approximate surface area is 218 Å². The van der Waals surface area contributed by atoms with Gasteiger partial charge in [0, 0.05) is 38.0 Å². The highest BCUT2D eigenvalue weighted by Crippen LogP contribution is 2.26. The number of benzene rings is 1.